The van der Waals surface area contributed by atoms with Crippen LogP contribution >= 0.6 is 0 Å². The van der Waals surface area contributed by atoms with E-state index in [1.807, 2.05) is 27.0 Å². The summed E-state index contributed by atoms with van der Waals surface area (Å²) in [7, 11) is 3.46. The van der Waals surface area contributed by atoms with Crippen molar-refractivity contribution in [2.45, 2.75) is 19.9 Å². The van der Waals surface area contributed by atoms with Gasteiger partial charge in [-0.1, -0.05) is 0 Å². The molecule has 0 bridgehead atoms. The molecule has 0 spiro atoms. The molecule has 0 fully saturated rings. The van der Waals surface area contributed by atoms with Crippen molar-refractivity contribution in [1.29, 1.82) is 0 Å². The maximum Gasteiger partial charge on any atom is 0.161 e. The van der Waals surface area contributed by atoms with Gasteiger partial charge in [0.25, 0.3) is 0 Å². The van der Waals surface area contributed by atoms with Crippen LogP contribution < -0.4 is 10.5 Å². The van der Waals surface area contributed by atoms with Crippen LogP contribution in [-0.4, -0.2) is 16.9 Å². The number of methoxy groups -OCH3 is 1. The molecule has 0 aliphatic heterocycles. The van der Waals surface area contributed by atoms with Gasteiger partial charge in [0, 0.05) is 12.6 Å². The van der Waals surface area contributed by atoms with Crippen molar-refractivity contribution < 1.29 is 9.15 Å². The first-order chi connectivity index (χ1) is 8.04. The average molecular weight is 235 g/mol. The molecule has 2 rings (SSSR count). The number of nitrogens with two attached hydrogens (primary N) is 1. The number of rotatable bonds is 3. The molecule has 0 saturated heterocycles. The van der Waals surface area contributed by atoms with Crippen LogP contribution in [-0.2, 0) is 7.05 Å². The standard InChI is InChI=1S/C12H17N3O2/c1-7-5-9(8(2)17-7)11(13)12-10(16-4)6-14-15(12)3/h5-6,11H,13H2,1-4H3. The van der Waals surface area contributed by atoms with Crippen molar-refractivity contribution in [1.82, 2.24) is 9.78 Å². The van der Waals surface area contributed by atoms with Gasteiger partial charge >= 0.3 is 0 Å². The van der Waals surface area contributed by atoms with E-state index in [4.69, 9.17) is 14.9 Å². The maximum atomic E-state index is 6.25. The van der Waals surface area contributed by atoms with Gasteiger partial charge in [-0.25, -0.2) is 0 Å². The quantitative estimate of drug-likeness (QED) is 0.879. The van der Waals surface area contributed by atoms with E-state index in [1.165, 1.54) is 0 Å². The molecule has 2 aromatic rings. The van der Waals surface area contributed by atoms with Crippen LogP contribution in [0.15, 0.2) is 16.7 Å². The number of hydrogen-bond donors (Lipinski definition) is 1. The highest BCUT2D eigenvalue weighted by molar-refractivity contribution is 5.37. The largest absolute Gasteiger partial charge is 0.493 e. The Morgan fingerprint density at radius 3 is 2.71 bits per heavy atom. The lowest BCUT2D eigenvalue weighted by molar-refractivity contribution is 0.405. The molecule has 1 unspecified atom stereocenters. The molecule has 0 aliphatic carbocycles. The van der Waals surface area contributed by atoms with E-state index in [0.29, 0.717) is 5.75 Å². The van der Waals surface area contributed by atoms with Crippen LogP contribution in [0, 0.1) is 13.8 Å². The summed E-state index contributed by atoms with van der Waals surface area (Å²) >= 11 is 0. The molecule has 2 aromatic heterocycles. The molecule has 2 N–H and O–H groups in total. The highest BCUT2D eigenvalue weighted by atomic mass is 16.5. The fraction of sp³-hybridized carbons (Fsp3) is 0.417. The third kappa shape index (κ3) is 1.93. The first-order valence-electron chi connectivity index (χ1n) is 5.43. The third-order valence-electron chi connectivity index (χ3n) is 2.88. The van der Waals surface area contributed by atoms with E-state index in [9.17, 15) is 0 Å². The molecule has 0 saturated carbocycles. The summed E-state index contributed by atoms with van der Waals surface area (Å²) in [6.07, 6.45) is 1.66. The second-order valence-electron chi connectivity index (χ2n) is 4.07. The Balaban J connectivity index is 2.46. The lowest BCUT2D eigenvalue weighted by Gasteiger charge is -2.13. The normalized spacial score (nSPS) is 12.8. The molecule has 0 aromatic carbocycles. The van der Waals surface area contributed by atoms with E-state index in [2.05, 4.69) is 5.10 Å². The molecular weight excluding hydrogens is 218 g/mol. The predicted octanol–water partition coefficient (Wildman–Crippen LogP) is 1.69. The van der Waals surface area contributed by atoms with Gasteiger partial charge in [-0.15, -0.1) is 0 Å². The van der Waals surface area contributed by atoms with E-state index in [-0.39, 0.29) is 6.04 Å². The number of ether oxygens (including phenoxy) is 1. The average Bonchev–Trinajstić information content (AvgIpc) is 2.80. The van der Waals surface area contributed by atoms with Gasteiger partial charge in [0.05, 0.1) is 19.3 Å². The third-order valence-corrected chi connectivity index (χ3v) is 2.88. The van der Waals surface area contributed by atoms with Gasteiger partial charge in [-0.3, -0.25) is 4.68 Å². The van der Waals surface area contributed by atoms with Crippen molar-refractivity contribution in [2.24, 2.45) is 12.8 Å². The Morgan fingerprint density at radius 2 is 2.18 bits per heavy atom. The van der Waals surface area contributed by atoms with Crippen molar-refractivity contribution >= 4 is 0 Å². The number of nitrogens with zero attached hydrogens (tertiary/aromatic N) is 2. The van der Waals surface area contributed by atoms with E-state index in [1.54, 1.807) is 18.0 Å². The highest BCUT2D eigenvalue weighted by Gasteiger charge is 2.22. The second-order valence-corrected chi connectivity index (χ2v) is 4.07. The van der Waals surface area contributed by atoms with Crippen molar-refractivity contribution in [3.05, 3.63) is 35.0 Å². The molecule has 0 radical (unpaired) electrons. The Bertz CT molecular complexity index is 528. The summed E-state index contributed by atoms with van der Waals surface area (Å²) in [4.78, 5) is 0. The van der Waals surface area contributed by atoms with Gasteiger partial charge in [0.2, 0.25) is 0 Å². The van der Waals surface area contributed by atoms with Gasteiger partial charge in [0.1, 0.15) is 17.2 Å². The predicted molar refractivity (Wildman–Crippen MR) is 64.0 cm³/mol. The zero-order valence-electron chi connectivity index (χ0n) is 10.5. The van der Waals surface area contributed by atoms with Gasteiger partial charge in [0.15, 0.2) is 5.75 Å². The van der Waals surface area contributed by atoms with Gasteiger partial charge in [-0.2, -0.15) is 5.10 Å². The van der Waals surface area contributed by atoms with Crippen LogP contribution in [0.2, 0.25) is 0 Å². The van der Waals surface area contributed by atoms with Crippen LogP contribution in [0.1, 0.15) is 28.8 Å². The van der Waals surface area contributed by atoms with Crippen LogP contribution in [0.4, 0.5) is 0 Å². The minimum Gasteiger partial charge on any atom is -0.493 e. The molecule has 5 heteroatoms. The summed E-state index contributed by atoms with van der Waals surface area (Å²) in [5, 5.41) is 4.15. The smallest absolute Gasteiger partial charge is 0.161 e. The van der Waals surface area contributed by atoms with E-state index < -0.39 is 0 Å². The molecule has 1 atom stereocenters. The first kappa shape index (κ1) is 11.7. The summed E-state index contributed by atoms with van der Waals surface area (Å²) in [6, 6.07) is 1.65. The van der Waals surface area contributed by atoms with Crippen molar-refractivity contribution in [3.8, 4) is 5.75 Å². The minimum atomic E-state index is -0.296. The lowest BCUT2D eigenvalue weighted by atomic mass is 10.0. The number of aromatic nitrogens is 2. The molecular formula is C12H17N3O2. The summed E-state index contributed by atoms with van der Waals surface area (Å²) < 4.78 is 12.5. The highest BCUT2D eigenvalue weighted by Crippen LogP contribution is 2.30. The Labute approximate surface area is 100 Å². The number of hydrogen-bond acceptors (Lipinski definition) is 4. The summed E-state index contributed by atoms with van der Waals surface area (Å²) in [5.74, 6) is 2.38. The van der Waals surface area contributed by atoms with Crippen LogP contribution in [0.5, 0.6) is 5.75 Å². The van der Waals surface area contributed by atoms with Gasteiger partial charge < -0.3 is 14.9 Å². The van der Waals surface area contributed by atoms with E-state index >= 15 is 0 Å². The minimum absolute atomic E-state index is 0.296. The van der Waals surface area contributed by atoms with Crippen LogP contribution in [0.25, 0.3) is 0 Å². The van der Waals surface area contributed by atoms with Crippen molar-refractivity contribution in [2.75, 3.05) is 7.11 Å². The van der Waals surface area contributed by atoms with E-state index in [0.717, 1.165) is 22.8 Å². The molecule has 92 valence electrons. The monoisotopic (exact) mass is 235 g/mol. The zero-order chi connectivity index (χ0) is 12.6. The summed E-state index contributed by atoms with van der Waals surface area (Å²) in [6.45, 7) is 3.81. The molecule has 5 nitrogen and oxygen atoms in total. The van der Waals surface area contributed by atoms with Gasteiger partial charge in [-0.05, 0) is 19.9 Å². The maximum absolute atomic E-state index is 6.25. The Hall–Kier alpha value is -1.75. The van der Waals surface area contributed by atoms with Crippen LogP contribution in [0.3, 0.4) is 0 Å². The molecule has 0 amide bonds. The molecule has 0 aliphatic rings. The topological polar surface area (TPSA) is 66.2 Å². The number of furan rings is 1. The number of aryl methyl sites for hydroxylation is 3. The first-order valence-corrected chi connectivity index (χ1v) is 5.43. The molecule has 2 heterocycles. The van der Waals surface area contributed by atoms with Crippen molar-refractivity contribution in [3.63, 3.8) is 0 Å². The fourth-order valence-electron chi connectivity index (χ4n) is 2.05. The zero-order valence-corrected chi connectivity index (χ0v) is 10.5. The summed E-state index contributed by atoms with van der Waals surface area (Å²) in [5.41, 5.74) is 8.06. The second kappa shape index (κ2) is 4.25. The fourth-order valence-corrected chi connectivity index (χ4v) is 2.05. The lowest BCUT2D eigenvalue weighted by Crippen LogP contribution is -2.17. The molecule has 17 heavy (non-hydrogen) atoms. The Morgan fingerprint density at radius 1 is 1.47 bits per heavy atom. The Kier molecular flexibility index (Phi) is 2.93. The SMILES string of the molecule is COc1cnn(C)c1C(N)c1cc(C)oc1C.